The maximum atomic E-state index is 11.6. The highest BCUT2D eigenvalue weighted by atomic mass is 16.3. The summed E-state index contributed by atoms with van der Waals surface area (Å²) in [5.41, 5.74) is 5.58. The molecule has 0 aliphatic rings. The molecule has 0 aromatic carbocycles. The van der Waals surface area contributed by atoms with Crippen LogP contribution in [0.3, 0.4) is 0 Å². The molecular weight excluding hydrogens is 208 g/mol. The van der Waals surface area contributed by atoms with Crippen molar-refractivity contribution in [3.63, 3.8) is 0 Å². The molecular formula is C10H10N4O2. The van der Waals surface area contributed by atoms with Crippen molar-refractivity contribution in [3.05, 3.63) is 42.0 Å². The van der Waals surface area contributed by atoms with Gasteiger partial charge in [0, 0.05) is 0 Å². The molecule has 0 aliphatic carbocycles. The van der Waals surface area contributed by atoms with E-state index in [4.69, 9.17) is 10.2 Å². The number of anilines is 1. The van der Waals surface area contributed by atoms with Crippen molar-refractivity contribution in [2.45, 2.75) is 6.54 Å². The zero-order chi connectivity index (χ0) is 11.4. The minimum Gasteiger partial charge on any atom is -0.467 e. The van der Waals surface area contributed by atoms with E-state index in [0.717, 1.165) is 0 Å². The van der Waals surface area contributed by atoms with Gasteiger partial charge in [-0.3, -0.25) is 4.79 Å². The average Bonchev–Trinajstić information content (AvgIpc) is 2.80. The molecule has 0 spiro atoms. The molecule has 2 heterocycles. The number of nitrogens with zero attached hydrogens (tertiary/aromatic N) is 2. The minimum atomic E-state index is -0.316. The number of nitrogens with two attached hydrogens (primary N) is 1. The Morgan fingerprint density at radius 3 is 2.88 bits per heavy atom. The number of carbonyl (C=O) groups is 1. The summed E-state index contributed by atoms with van der Waals surface area (Å²) in [5.74, 6) is 0.642. The summed E-state index contributed by atoms with van der Waals surface area (Å²) >= 11 is 0. The van der Waals surface area contributed by atoms with Crippen LogP contribution >= 0.6 is 0 Å². The van der Waals surface area contributed by atoms with E-state index in [1.54, 1.807) is 18.4 Å². The largest absolute Gasteiger partial charge is 0.467 e. The van der Waals surface area contributed by atoms with Gasteiger partial charge in [0.25, 0.3) is 5.91 Å². The molecule has 0 bridgehead atoms. The van der Waals surface area contributed by atoms with Crippen LogP contribution in [0.2, 0.25) is 0 Å². The Bertz CT molecular complexity index is 464. The number of rotatable bonds is 3. The fourth-order valence-corrected chi connectivity index (χ4v) is 1.13. The van der Waals surface area contributed by atoms with Crippen LogP contribution in [0.25, 0.3) is 0 Å². The Hall–Kier alpha value is -2.37. The summed E-state index contributed by atoms with van der Waals surface area (Å²) in [6.07, 6.45) is 1.55. The number of amides is 1. The van der Waals surface area contributed by atoms with Gasteiger partial charge in [0.05, 0.1) is 12.8 Å². The van der Waals surface area contributed by atoms with E-state index in [9.17, 15) is 4.79 Å². The Kier molecular flexibility index (Phi) is 2.81. The van der Waals surface area contributed by atoms with Crippen LogP contribution < -0.4 is 11.1 Å². The lowest BCUT2D eigenvalue weighted by Crippen LogP contribution is -2.23. The number of furan rings is 1. The first-order valence-corrected chi connectivity index (χ1v) is 4.65. The number of aromatic nitrogens is 2. The lowest BCUT2D eigenvalue weighted by atomic mass is 10.3. The van der Waals surface area contributed by atoms with E-state index < -0.39 is 0 Å². The minimum absolute atomic E-state index is 0.223. The molecule has 0 saturated heterocycles. The number of hydrogen-bond donors (Lipinski definition) is 2. The summed E-state index contributed by atoms with van der Waals surface area (Å²) in [5, 5.41) is 9.89. The van der Waals surface area contributed by atoms with Gasteiger partial charge in [0.1, 0.15) is 11.6 Å². The fourth-order valence-electron chi connectivity index (χ4n) is 1.13. The summed E-state index contributed by atoms with van der Waals surface area (Å²) < 4.78 is 5.07. The molecule has 3 N–H and O–H groups in total. The van der Waals surface area contributed by atoms with E-state index in [1.807, 2.05) is 0 Å². The van der Waals surface area contributed by atoms with Gasteiger partial charge in [-0.2, -0.15) is 0 Å². The highest BCUT2D eigenvalue weighted by Gasteiger charge is 2.07. The zero-order valence-electron chi connectivity index (χ0n) is 8.38. The molecule has 2 aromatic heterocycles. The lowest BCUT2D eigenvalue weighted by molar-refractivity contribution is 0.0942. The van der Waals surface area contributed by atoms with Crippen LogP contribution in [0.15, 0.2) is 34.9 Å². The number of hydrogen-bond acceptors (Lipinski definition) is 5. The average molecular weight is 218 g/mol. The van der Waals surface area contributed by atoms with E-state index in [1.165, 1.54) is 12.1 Å². The zero-order valence-corrected chi connectivity index (χ0v) is 8.38. The first kappa shape index (κ1) is 10.2. The maximum absolute atomic E-state index is 11.6. The Morgan fingerprint density at radius 1 is 1.38 bits per heavy atom. The Morgan fingerprint density at radius 2 is 2.25 bits per heavy atom. The van der Waals surface area contributed by atoms with Crippen molar-refractivity contribution in [2.24, 2.45) is 0 Å². The number of nitrogen functional groups attached to an aromatic ring is 1. The second-order valence-corrected chi connectivity index (χ2v) is 3.11. The Balaban J connectivity index is 1.95. The third kappa shape index (κ3) is 2.35. The first-order valence-electron chi connectivity index (χ1n) is 4.65. The van der Waals surface area contributed by atoms with Crippen molar-refractivity contribution in [2.75, 3.05) is 5.73 Å². The van der Waals surface area contributed by atoms with Crippen LogP contribution in [0.1, 0.15) is 16.2 Å². The predicted octanol–water partition coefficient (Wildman–Crippen LogP) is 0.582. The standard InChI is InChI=1S/C10H10N4O2/c11-9-4-3-8(13-14-9)10(15)12-6-7-2-1-5-16-7/h1-5H,6H2,(H2,11,14)(H,12,15). The maximum Gasteiger partial charge on any atom is 0.272 e. The molecule has 0 unspecified atom stereocenters. The highest BCUT2D eigenvalue weighted by molar-refractivity contribution is 5.92. The van der Waals surface area contributed by atoms with E-state index in [-0.39, 0.29) is 17.4 Å². The molecule has 0 fully saturated rings. The van der Waals surface area contributed by atoms with Crippen molar-refractivity contribution in [1.82, 2.24) is 15.5 Å². The molecule has 6 heteroatoms. The second kappa shape index (κ2) is 4.43. The third-order valence-electron chi connectivity index (χ3n) is 1.92. The van der Waals surface area contributed by atoms with Crippen molar-refractivity contribution >= 4 is 11.7 Å². The molecule has 2 aromatic rings. The van der Waals surface area contributed by atoms with Gasteiger partial charge in [-0.05, 0) is 24.3 Å². The van der Waals surface area contributed by atoms with Crippen LogP contribution in [0.4, 0.5) is 5.82 Å². The molecule has 0 aliphatic heterocycles. The van der Waals surface area contributed by atoms with Crippen LogP contribution in [-0.4, -0.2) is 16.1 Å². The number of carbonyl (C=O) groups excluding carboxylic acids is 1. The van der Waals surface area contributed by atoms with Gasteiger partial charge < -0.3 is 15.5 Å². The highest BCUT2D eigenvalue weighted by Crippen LogP contribution is 2.01. The van der Waals surface area contributed by atoms with Gasteiger partial charge in [-0.1, -0.05) is 0 Å². The molecule has 82 valence electrons. The summed E-state index contributed by atoms with van der Waals surface area (Å²) in [6, 6.07) is 6.56. The van der Waals surface area contributed by atoms with Crippen LogP contribution in [-0.2, 0) is 6.54 Å². The molecule has 0 atom stereocenters. The fraction of sp³-hybridized carbons (Fsp3) is 0.100. The van der Waals surface area contributed by atoms with Crippen molar-refractivity contribution in [3.8, 4) is 0 Å². The predicted molar refractivity (Wildman–Crippen MR) is 56.3 cm³/mol. The molecule has 16 heavy (non-hydrogen) atoms. The van der Waals surface area contributed by atoms with Crippen molar-refractivity contribution in [1.29, 1.82) is 0 Å². The first-order chi connectivity index (χ1) is 7.75. The number of nitrogens with one attached hydrogen (secondary N) is 1. The van der Waals surface area contributed by atoms with Gasteiger partial charge in [-0.15, -0.1) is 10.2 Å². The topological polar surface area (TPSA) is 94.0 Å². The summed E-state index contributed by atoms with van der Waals surface area (Å²) in [6.45, 7) is 0.317. The monoisotopic (exact) mass is 218 g/mol. The molecule has 6 nitrogen and oxygen atoms in total. The smallest absolute Gasteiger partial charge is 0.272 e. The van der Waals surface area contributed by atoms with Crippen LogP contribution in [0, 0.1) is 0 Å². The van der Waals surface area contributed by atoms with Gasteiger partial charge in [-0.25, -0.2) is 0 Å². The second-order valence-electron chi connectivity index (χ2n) is 3.11. The quantitative estimate of drug-likeness (QED) is 0.785. The lowest BCUT2D eigenvalue weighted by Gasteiger charge is -2.01. The summed E-state index contributed by atoms with van der Waals surface area (Å²) in [7, 11) is 0. The molecule has 1 amide bonds. The van der Waals surface area contributed by atoms with Gasteiger partial charge in [0.15, 0.2) is 5.69 Å². The normalized spacial score (nSPS) is 10.0. The molecule has 0 saturated carbocycles. The van der Waals surface area contributed by atoms with Gasteiger partial charge in [0.2, 0.25) is 0 Å². The van der Waals surface area contributed by atoms with E-state index in [0.29, 0.717) is 12.3 Å². The van der Waals surface area contributed by atoms with Crippen molar-refractivity contribution < 1.29 is 9.21 Å². The molecule has 0 radical (unpaired) electrons. The summed E-state index contributed by atoms with van der Waals surface area (Å²) in [4.78, 5) is 11.6. The van der Waals surface area contributed by atoms with Crippen LogP contribution in [0.5, 0.6) is 0 Å². The van der Waals surface area contributed by atoms with E-state index >= 15 is 0 Å². The van der Waals surface area contributed by atoms with Gasteiger partial charge >= 0.3 is 0 Å². The SMILES string of the molecule is Nc1ccc(C(=O)NCc2ccco2)nn1. The third-order valence-corrected chi connectivity index (χ3v) is 1.92. The van der Waals surface area contributed by atoms with E-state index in [2.05, 4.69) is 15.5 Å². The molecule has 2 rings (SSSR count). The Labute approximate surface area is 91.5 Å².